The number of aliphatic hydroxyl groups is 1. The van der Waals surface area contributed by atoms with Crippen molar-refractivity contribution in [3.05, 3.63) is 12.7 Å². The summed E-state index contributed by atoms with van der Waals surface area (Å²) in [4.78, 5) is 0. The summed E-state index contributed by atoms with van der Waals surface area (Å²) in [5.74, 6) is 0.935. The van der Waals surface area contributed by atoms with E-state index in [0.717, 1.165) is 12.8 Å². The number of aliphatic hydroxyl groups excluding tert-OH is 1. The lowest BCUT2D eigenvalue weighted by atomic mass is 9.43. The van der Waals surface area contributed by atoms with E-state index in [1.54, 1.807) is 0 Å². The second-order valence-corrected chi connectivity index (χ2v) is 9.62. The monoisotopic (exact) mass is 306 g/mol. The van der Waals surface area contributed by atoms with Gasteiger partial charge in [0, 0.05) is 6.42 Å². The first kappa shape index (κ1) is 16.5. The molecular weight excluding hydrogens is 272 g/mol. The van der Waals surface area contributed by atoms with Crippen LogP contribution in [0.25, 0.3) is 0 Å². The van der Waals surface area contributed by atoms with Crippen LogP contribution >= 0.6 is 0 Å². The molecule has 2 heteroatoms. The van der Waals surface area contributed by atoms with Gasteiger partial charge in [-0.2, -0.15) is 0 Å². The maximum absolute atomic E-state index is 11.0. The maximum atomic E-state index is 11.0. The van der Waals surface area contributed by atoms with E-state index in [1.807, 2.05) is 6.08 Å². The summed E-state index contributed by atoms with van der Waals surface area (Å²) in [6, 6.07) is 0. The molecule has 0 aromatic heterocycles. The van der Waals surface area contributed by atoms with Crippen LogP contribution in [0.2, 0.25) is 0 Å². The van der Waals surface area contributed by atoms with Gasteiger partial charge < -0.3 is 9.84 Å². The van der Waals surface area contributed by atoms with Gasteiger partial charge in [-0.25, -0.2) is 0 Å². The minimum Gasteiger partial charge on any atom is -0.393 e. The Kier molecular flexibility index (Phi) is 3.63. The molecule has 0 aromatic carbocycles. The van der Waals surface area contributed by atoms with E-state index < -0.39 is 0 Å². The van der Waals surface area contributed by atoms with E-state index in [4.69, 9.17) is 4.74 Å². The summed E-state index contributed by atoms with van der Waals surface area (Å²) in [5, 5.41) is 11.0. The molecule has 0 amide bonds. The fraction of sp³-hybridized carbons (Fsp3) is 0.900. The fourth-order valence-corrected chi connectivity index (χ4v) is 6.76. The van der Waals surface area contributed by atoms with Gasteiger partial charge in [0.15, 0.2) is 0 Å². The Balaban J connectivity index is 2.00. The highest BCUT2D eigenvalue weighted by molar-refractivity contribution is 5.14. The third kappa shape index (κ3) is 2.21. The molecule has 6 atom stereocenters. The molecule has 1 saturated heterocycles. The van der Waals surface area contributed by atoms with E-state index in [0.29, 0.717) is 11.8 Å². The molecule has 22 heavy (non-hydrogen) atoms. The van der Waals surface area contributed by atoms with Gasteiger partial charge >= 0.3 is 0 Å². The van der Waals surface area contributed by atoms with Crippen LogP contribution in [0.3, 0.4) is 0 Å². The summed E-state index contributed by atoms with van der Waals surface area (Å²) < 4.78 is 6.59. The summed E-state index contributed by atoms with van der Waals surface area (Å²) >= 11 is 0. The Morgan fingerprint density at radius 1 is 1.09 bits per heavy atom. The summed E-state index contributed by atoms with van der Waals surface area (Å²) in [6.07, 6.45) is 8.45. The zero-order valence-corrected chi connectivity index (χ0v) is 15.1. The van der Waals surface area contributed by atoms with Crippen LogP contribution in [-0.4, -0.2) is 22.4 Å². The zero-order valence-electron chi connectivity index (χ0n) is 15.1. The minimum absolute atomic E-state index is 0.191. The van der Waals surface area contributed by atoms with E-state index in [9.17, 15) is 5.11 Å². The molecule has 2 unspecified atom stereocenters. The third-order valence-corrected chi connectivity index (χ3v) is 7.45. The van der Waals surface area contributed by atoms with Crippen molar-refractivity contribution in [1.82, 2.24) is 0 Å². The summed E-state index contributed by atoms with van der Waals surface area (Å²) in [5.41, 5.74) is -0.0404. The first-order chi connectivity index (χ1) is 10.1. The van der Waals surface area contributed by atoms with Gasteiger partial charge in [0.1, 0.15) is 0 Å². The molecule has 2 saturated carbocycles. The molecule has 2 aliphatic carbocycles. The average molecular weight is 306 g/mol. The van der Waals surface area contributed by atoms with Crippen molar-refractivity contribution in [3.63, 3.8) is 0 Å². The van der Waals surface area contributed by atoms with Crippen LogP contribution in [0, 0.1) is 22.7 Å². The second-order valence-electron chi connectivity index (χ2n) is 9.62. The summed E-state index contributed by atoms with van der Waals surface area (Å²) in [6.45, 7) is 15.5. The van der Waals surface area contributed by atoms with Crippen LogP contribution in [0.1, 0.15) is 73.1 Å². The molecular formula is C20H34O2. The van der Waals surface area contributed by atoms with Crippen molar-refractivity contribution in [1.29, 1.82) is 0 Å². The fourth-order valence-electron chi connectivity index (χ4n) is 6.76. The number of ether oxygens (including phenoxy) is 1. The lowest BCUT2D eigenvalue weighted by Gasteiger charge is -2.66. The zero-order chi connectivity index (χ0) is 16.4. The highest BCUT2D eigenvalue weighted by Crippen LogP contribution is 2.65. The molecule has 1 N–H and O–H groups in total. The highest BCUT2D eigenvalue weighted by Gasteiger charge is 2.64. The Morgan fingerprint density at radius 3 is 2.41 bits per heavy atom. The standard InChI is InChI=1S/C20H34O2/c1-7-18(4)12-9-15-19(5)11-8-10-17(2,3)16(19)14(21)13-20(15,6)22-18/h7,14-16,21H,1,8-13H2,2-6H3/t14-,15+,16?,18?,19+,20+/m0/s1. The van der Waals surface area contributed by atoms with Crippen LogP contribution in [-0.2, 0) is 4.74 Å². The number of hydrogen-bond acceptors (Lipinski definition) is 2. The van der Waals surface area contributed by atoms with Crippen molar-refractivity contribution in [2.75, 3.05) is 0 Å². The van der Waals surface area contributed by atoms with Gasteiger partial charge in [-0.15, -0.1) is 6.58 Å². The van der Waals surface area contributed by atoms with Crippen molar-refractivity contribution in [3.8, 4) is 0 Å². The molecule has 1 aliphatic heterocycles. The van der Waals surface area contributed by atoms with Gasteiger partial charge in [-0.1, -0.05) is 33.3 Å². The molecule has 1 heterocycles. The number of hydrogen-bond donors (Lipinski definition) is 1. The van der Waals surface area contributed by atoms with Crippen LogP contribution in [0.4, 0.5) is 0 Å². The van der Waals surface area contributed by atoms with Crippen molar-refractivity contribution in [2.45, 2.75) is 90.4 Å². The molecule has 0 aromatic rings. The quantitative estimate of drug-likeness (QED) is 0.711. The topological polar surface area (TPSA) is 29.5 Å². The first-order valence-electron chi connectivity index (χ1n) is 9.08. The molecule has 0 spiro atoms. The van der Waals surface area contributed by atoms with Crippen molar-refractivity contribution >= 4 is 0 Å². The van der Waals surface area contributed by atoms with E-state index in [-0.39, 0.29) is 28.1 Å². The SMILES string of the molecule is C=CC1(C)CC[C@H]2[C@@](C)(C[C@H](O)C3C(C)(C)CCC[C@@]32C)O1. The van der Waals surface area contributed by atoms with E-state index in [1.165, 1.54) is 25.7 Å². The van der Waals surface area contributed by atoms with Gasteiger partial charge in [0.2, 0.25) is 0 Å². The van der Waals surface area contributed by atoms with Gasteiger partial charge in [-0.3, -0.25) is 0 Å². The Hall–Kier alpha value is -0.340. The van der Waals surface area contributed by atoms with E-state index in [2.05, 4.69) is 41.2 Å². The highest BCUT2D eigenvalue weighted by atomic mass is 16.5. The third-order valence-electron chi connectivity index (χ3n) is 7.45. The molecule has 126 valence electrons. The molecule has 3 fully saturated rings. The Bertz CT molecular complexity index is 470. The summed E-state index contributed by atoms with van der Waals surface area (Å²) in [7, 11) is 0. The average Bonchev–Trinajstić information content (AvgIpc) is 2.35. The van der Waals surface area contributed by atoms with Crippen LogP contribution in [0.5, 0.6) is 0 Å². The van der Waals surface area contributed by atoms with Crippen molar-refractivity contribution < 1.29 is 9.84 Å². The Morgan fingerprint density at radius 2 is 1.77 bits per heavy atom. The lowest BCUT2D eigenvalue weighted by Crippen LogP contribution is -2.66. The maximum Gasteiger partial charge on any atom is 0.0839 e. The lowest BCUT2D eigenvalue weighted by molar-refractivity contribution is -0.277. The molecule has 3 rings (SSSR count). The smallest absolute Gasteiger partial charge is 0.0839 e. The Labute approximate surface area is 136 Å². The van der Waals surface area contributed by atoms with Gasteiger partial charge in [0.05, 0.1) is 17.3 Å². The predicted molar refractivity (Wildman–Crippen MR) is 90.7 cm³/mol. The minimum atomic E-state index is -0.256. The molecule has 0 radical (unpaired) electrons. The van der Waals surface area contributed by atoms with Gasteiger partial charge in [-0.05, 0) is 62.2 Å². The largest absolute Gasteiger partial charge is 0.393 e. The second kappa shape index (κ2) is 4.83. The number of fused-ring (bicyclic) bond motifs is 3. The molecule has 2 nitrogen and oxygen atoms in total. The first-order valence-corrected chi connectivity index (χ1v) is 9.08. The van der Waals surface area contributed by atoms with Crippen LogP contribution < -0.4 is 0 Å². The van der Waals surface area contributed by atoms with Crippen molar-refractivity contribution in [2.24, 2.45) is 22.7 Å². The van der Waals surface area contributed by atoms with E-state index >= 15 is 0 Å². The molecule has 0 bridgehead atoms. The predicted octanol–water partition coefficient (Wildman–Crippen LogP) is 4.71. The normalized spacial score (nSPS) is 54.2. The molecule has 3 aliphatic rings. The van der Waals surface area contributed by atoms with Crippen LogP contribution in [0.15, 0.2) is 12.7 Å². The number of rotatable bonds is 1. The van der Waals surface area contributed by atoms with Gasteiger partial charge in [0.25, 0.3) is 0 Å².